The largest absolute Gasteiger partial charge is 0.488 e. The first-order chi connectivity index (χ1) is 12.5. The first-order valence-corrected chi connectivity index (χ1v) is 9.21. The van der Waals surface area contributed by atoms with E-state index in [1.54, 1.807) is 18.3 Å². The van der Waals surface area contributed by atoms with Gasteiger partial charge < -0.3 is 10.1 Å². The van der Waals surface area contributed by atoms with Crippen LogP contribution >= 0.6 is 34.8 Å². The van der Waals surface area contributed by atoms with E-state index >= 15 is 0 Å². The number of hydrogen-bond acceptors (Lipinski definition) is 5. The molecule has 2 aromatic carbocycles. The molecule has 2 rings (SSSR count). The van der Waals surface area contributed by atoms with Crippen molar-refractivity contribution in [2.75, 3.05) is 6.54 Å². The summed E-state index contributed by atoms with van der Waals surface area (Å²) in [6, 6.07) is 12.0. The van der Waals surface area contributed by atoms with Crippen LogP contribution in [0.2, 0.25) is 0 Å². The van der Waals surface area contributed by atoms with E-state index in [-0.39, 0.29) is 5.69 Å². The van der Waals surface area contributed by atoms with Crippen LogP contribution in [0.3, 0.4) is 0 Å². The maximum Gasteiger partial charge on any atom is 0.269 e. The third kappa shape index (κ3) is 6.23. The van der Waals surface area contributed by atoms with E-state index in [0.717, 1.165) is 27.0 Å². The van der Waals surface area contributed by atoms with Gasteiger partial charge in [-0.25, -0.2) is 0 Å². The van der Waals surface area contributed by atoms with Gasteiger partial charge in [-0.3, -0.25) is 15.5 Å². The summed E-state index contributed by atoms with van der Waals surface area (Å²) in [7, 11) is 0. The molecule has 0 aliphatic rings. The standard InChI is InChI=1S/C17H17IN4O3S/c1-2-19-17(26)21-20-10-13-5-8-16(15(18)9-13)25-11-12-3-6-14(7-4-12)22(23)24/h3-10H,2,11H2,1H3,(H2,19,21,26). The highest BCUT2D eigenvalue weighted by Crippen LogP contribution is 2.23. The number of thiocarbonyl (C=S) groups is 1. The maximum atomic E-state index is 10.7. The quantitative estimate of drug-likeness (QED) is 0.205. The van der Waals surface area contributed by atoms with Crippen LogP contribution in [0.4, 0.5) is 5.69 Å². The summed E-state index contributed by atoms with van der Waals surface area (Å²) in [6.07, 6.45) is 1.67. The number of nitro groups is 1. The van der Waals surface area contributed by atoms with Gasteiger partial charge in [0.2, 0.25) is 0 Å². The Hall–Kier alpha value is -2.27. The average Bonchev–Trinajstić information content (AvgIpc) is 2.61. The zero-order valence-corrected chi connectivity index (χ0v) is 16.9. The van der Waals surface area contributed by atoms with Crippen LogP contribution < -0.4 is 15.5 Å². The van der Waals surface area contributed by atoms with E-state index in [1.165, 1.54) is 12.1 Å². The Morgan fingerprint density at radius 2 is 2.08 bits per heavy atom. The van der Waals surface area contributed by atoms with Gasteiger partial charge in [-0.05, 0) is 83.2 Å². The van der Waals surface area contributed by atoms with Crippen LogP contribution in [-0.4, -0.2) is 22.8 Å². The molecule has 26 heavy (non-hydrogen) atoms. The topological polar surface area (TPSA) is 88.8 Å². The summed E-state index contributed by atoms with van der Waals surface area (Å²) in [5.41, 5.74) is 4.56. The molecule has 0 saturated heterocycles. The molecule has 0 bridgehead atoms. The Kier molecular flexibility index (Phi) is 7.73. The van der Waals surface area contributed by atoms with Crippen LogP contribution in [0, 0.1) is 13.7 Å². The number of nitrogens with zero attached hydrogens (tertiary/aromatic N) is 2. The predicted molar refractivity (Wildman–Crippen MR) is 114 cm³/mol. The Morgan fingerprint density at radius 3 is 2.69 bits per heavy atom. The van der Waals surface area contributed by atoms with Crippen LogP contribution in [0.15, 0.2) is 47.6 Å². The van der Waals surface area contributed by atoms with Gasteiger partial charge in [0.05, 0.1) is 14.7 Å². The molecule has 0 aliphatic carbocycles. The first kappa shape index (κ1) is 20.0. The highest BCUT2D eigenvalue weighted by molar-refractivity contribution is 14.1. The minimum absolute atomic E-state index is 0.0641. The van der Waals surface area contributed by atoms with Gasteiger partial charge >= 0.3 is 0 Å². The molecule has 7 nitrogen and oxygen atoms in total. The highest BCUT2D eigenvalue weighted by atomic mass is 127. The fourth-order valence-corrected chi connectivity index (χ4v) is 2.85. The van der Waals surface area contributed by atoms with E-state index in [4.69, 9.17) is 17.0 Å². The molecule has 0 atom stereocenters. The fraction of sp³-hybridized carbons (Fsp3) is 0.176. The van der Waals surface area contributed by atoms with Crippen molar-refractivity contribution in [2.45, 2.75) is 13.5 Å². The first-order valence-electron chi connectivity index (χ1n) is 7.72. The summed E-state index contributed by atoms with van der Waals surface area (Å²) in [5.74, 6) is 0.734. The van der Waals surface area contributed by atoms with E-state index in [0.29, 0.717) is 11.7 Å². The molecule has 0 amide bonds. The second-order valence-electron chi connectivity index (χ2n) is 5.13. The summed E-state index contributed by atoms with van der Waals surface area (Å²) >= 11 is 7.21. The fourth-order valence-electron chi connectivity index (χ4n) is 1.95. The van der Waals surface area contributed by atoms with Crippen molar-refractivity contribution in [3.8, 4) is 5.75 Å². The zero-order chi connectivity index (χ0) is 18.9. The number of ether oxygens (including phenoxy) is 1. The van der Waals surface area contributed by atoms with Gasteiger partial charge in [0, 0.05) is 18.7 Å². The van der Waals surface area contributed by atoms with Crippen molar-refractivity contribution >= 4 is 51.8 Å². The molecule has 136 valence electrons. The number of nitrogens with one attached hydrogen (secondary N) is 2. The molecule has 0 aliphatic heterocycles. The van der Waals surface area contributed by atoms with E-state index in [2.05, 4.69) is 38.4 Å². The smallest absolute Gasteiger partial charge is 0.269 e. The highest BCUT2D eigenvalue weighted by Gasteiger charge is 2.06. The SMILES string of the molecule is CCNC(=S)NN=Cc1ccc(OCc2ccc([N+](=O)[O-])cc2)c(I)c1. The van der Waals surface area contributed by atoms with Gasteiger partial charge in [-0.2, -0.15) is 5.10 Å². The second kappa shape index (κ2) is 10.0. The van der Waals surface area contributed by atoms with Gasteiger partial charge in [0.25, 0.3) is 5.69 Å². The molecule has 2 aromatic rings. The molecule has 0 heterocycles. The van der Waals surface area contributed by atoms with Crippen LogP contribution in [0.1, 0.15) is 18.1 Å². The molecule has 0 saturated carbocycles. The van der Waals surface area contributed by atoms with Gasteiger partial charge in [0.1, 0.15) is 12.4 Å². The van der Waals surface area contributed by atoms with Gasteiger partial charge in [-0.1, -0.05) is 0 Å². The summed E-state index contributed by atoms with van der Waals surface area (Å²) in [5, 5.41) is 18.1. The lowest BCUT2D eigenvalue weighted by Crippen LogP contribution is -2.31. The predicted octanol–water partition coefficient (Wildman–Crippen LogP) is 3.60. The number of non-ortho nitro benzene ring substituents is 1. The zero-order valence-electron chi connectivity index (χ0n) is 13.9. The number of halogens is 1. The lowest BCUT2D eigenvalue weighted by atomic mass is 10.2. The Balaban J connectivity index is 1.93. The van der Waals surface area contributed by atoms with Crippen LogP contribution in [0.5, 0.6) is 5.75 Å². The van der Waals surface area contributed by atoms with E-state index in [1.807, 2.05) is 25.1 Å². The third-order valence-electron chi connectivity index (χ3n) is 3.21. The molecule has 0 spiro atoms. The molecule has 0 fully saturated rings. The number of nitro benzene ring substituents is 1. The minimum Gasteiger partial charge on any atom is -0.488 e. The molecular weight excluding hydrogens is 467 g/mol. The molecular formula is C17H17IN4O3S. The van der Waals surface area contributed by atoms with Crippen molar-refractivity contribution in [2.24, 2.45) is 5.10 Å². The Bertz CT molecular complexity index is 812. The van der Waals surface area contributed by atoms with Gasteiger partial charge in [0.15, 0.2) is 5.11 Å². The van der Waals surface area contributed by atoms with Crippen molar-refractivity contribution < 1.29 is 9.66 Å². The number of benzene rings is 2. The molecule has 0 aromatic heterocycles. The van der Waals surface area contributed by atoms with Gasteiger partial charge in [-0.15, -0.1) is 0 Å². The molecule has 9 heteroatoms. The summed E-state index contributed by atoms with van der Waals surface area (Å²) in [4.78, 5) is 10.2. The molecule has 2 N–H and O–H groups in total. The van der Waals surface area contributed by atoms with Crippen molar-refractivity contribution in [3.05, 3.63) is 67.3 Å². The summed E-state index contributed by atoms with van der Waals surface area (Å²) in [6.45, 7) is 3.02. The second-order valence-corrected chi connectivity index (χ2v) is 6.70. The number of rotatable bonds is 7. The average molecular weight is 484 g/mol. The van der Waals surface area contributed by atoms with Crippen LogP contribution in [0.25, 0.3) is 0 Å². The molecule has 0 unspecified atom stereocenters. The lowest BCUT2D eigenvalue weighted by Gasteiger charge is -2.09. The van der Waals surface area contributed by atoms with Crippen molar-refractivity contribution in [1.82, 2.24) is 10.7 Å². The normalized spacial score (nSPS) is 10.5. The van der Waals surface area contributed by atoms with E-state index < -0.39 is 4.92 Å². The monoisotopic (exact) mass is 484 g/mol. The van der Waals surface area contributed by atoms with Crippen LogP contribution in [-0.2, 0) is 6.61 Å². The third-order valence-corrected chi connectivity index (χ3v) is 4.29. The summed E-state index contributed by atoms with van der Waals surface area (Å²) < 4.78 is 6.72. The Labute approximate surface area is 170 Å². The Morgan fingerprint density at radius 1 is 1.35 bits per heavy atom. The van der Waals surface area contributed by atoms with E-state index in [9.17, 15) is 10.1 Å². The minimum atomic E-state index is -0.423. The number of hydrogen-bond donors (Lipinski definition) is 2. The number of hydrazone groups is 1. The van der Waals surface area contributed by atoms with Crippen molar-refractivity contribution in [1.29, 1.82) is 0 Å². The lowest BCUT2D eigenvalue weighted by molar-refractivity contribution is -0.384. The molecule has 0 radical (unpaired) electrons. The van der Waals surface area contributed by atoms with Crippen molar-refractivity contribution in [3.63, 3.8) is 0 Å². The maximum absolute atomic E-state index is 10.7.